The fraction of sp³-hybridized carbons (Fsp3) is 0.261. The Kier molecular flexibility index (Phi) is 5.09. The Hall–Kier alpha value is -4.69. The number of halogens is 4. The van der Waals surface area contributed by atoms with E-state index in [1.165, 1.54) is 29.2 Å². The van der Waals surface area contributed by atoms with Crippen molar-refractivity contribution in [2.24, 2.45) is 7.05 Å². The molecule has 194 valence electrons. The van der Waals surface area contributed by atoms with Gasteiger partial charge in [0.25, 0.3) is 0 Å². The van der Waals surface area contributed by atoms with Crippen LogP contribution in [0, 0.1) is 5.95 Å². The van der Waals surface area contributed by atoms with Crippen LogP contribution in [0.25, 0.3) is 11.5 Å². The van der Waals surface area contributed by atoms with Crippen LogP contribution in [0.3, 0.4) is 0 Å². The quantitative estimate of drug-likeness (QED) is 0.358. The van der Waals surface area contributed by atoms with E-state index in [4.69, 9.17) is 0 Å². The van der Waals surface area contributed by atoms with E-state index in [0.29, 0.717) is 17.0 Å². The third-order valence-electron chi connectivity index (χ3n) is 6.64. The summed E-state index contributed by atoms with van der Waals surface area (Å²) in [6.07, 6.45) is 2.18. The Morgan fingerprint density at radius 1 is 1.13 bits per heavy atom. The largest absolute Gasteiger partial charge is 0.420 e. The SMILES string of the molecule is Cn1ccc([C@]2(C)C[C@@H](C(=O)Nc3cnc(-n4nccn4)c(C(F)(F)F)c3)c3cnc4cc(F)nn4c32)n1. The molecular weight excluding hydrogens is 508 g/mol. The molecular formula is C23H18F4N10O. The molecule has 0 unspecified atom stereocenters. The molecule has 1 aliphatic carbocycles. The Labute approximate surface area is 211 Å². The number of aryl methyl sites for hydroxylation is 1. The molecule has 5 aromatic rings. The van der Waals surface area contributed by atoms with E-state index in [2.05, 4.69) is 35.7 Å². The van der Waals surface area contributed by atoms with Crippen molar-refractivity contribution < 1.29 is 22.4 Å². The van der Waals surface area contributed by atoms with Crippen molar-refractivity contribution in [2.45, 2.75) is 30.9 Å². The van der Waals surface area contributed by atoms with Crippen molar-refractivity contribution in [3.63, 3.8) is 0 Å². The van der Waals surface area contributed by atoms with Gasteiger partial charge in [0.1, 0.15) is 5.56 Å². The first-order valence-electron chi connectivity index (χ1n) is 11.3. The number of rotatable bonds is 4. The molecule has 0 spiro atoms. The topological polar surface area (TPSA) is 121 Å². The molecule has 0 bridgehead atoms. The van der Waals surface area contributed by atoms with Gasteiger partial charge in [-0.25, -0.2) is 14.5 Å². The maximum atomic E-state index is 14.1. The first kappa shape index (κ1) is 23.7. The number of fused-ring (bicyclic) bond motifs is 3. The molecule has 0 aromatic carbocycles. The van der Waals surface area contributed by atoms with Gasteiger partial charge in [0.05, 0.1) is 47.0 Å². The lowest BCUT2D eigenvalue weighted by atomic mass is 9.82. The van der Waals surface area contributed by atoms with E-state index in [0.717, 1.165) is 17.1 Å². The van der Waals surface area contributed by atoms with Crippen molar-refractivity contribution in [3.8, 4) is 5.82 Å². The van der Waals surface area contributed by atoms with Crippen LogP contribution in [-0.4, -0.2) is 50.3 Å². The number of carbonyl (C=O) groups is 1. The van der Waals surface area contributed by atoms with Gasteiger partial charge in [-0.05, 0) is 25.5 Å². The zero-order chi connectivity index (χ0) is 26.8. The van der Waals surface area contributed by atoms with Crippen molar-refractivity contribution in [1.82, 2.24) is 44.4 Å². The monoisotopic (exact) mass is 526 g/mol. The average molecular weight is 526 g/mol. The second-order valence-corrected chi connectivity index (χ2v) is 9.16. The number of alkyl halides is 3. The second-order valence-electron chi connectivity index (χ2n) is 9.16. The Bertz CT molecular complexity index is 1690. The minimum atomic E-state index is -4.78. The van der Waals surface area contributed by atoms with E-state index in [1.807, 2.05) is 6.92 Å². The van der Waals surface area contributed by atoms with Gasteiger partial charge in [-0.1, -0.05) is 0 Å². The lowest BCUT2D eigenvalue weighted by molar-refractivity contribution is -0.137. The van der Waals surface area contributed by atoms with E-state index in [9.17, 15) is 22.4 Å². The fourth-order valence-electron chi connectivity index (χ4n) is 4.96. The van der Waals surface area contributed by atoms with Gasteiger partial charge in [-0.3, -0.25) is 9.48 Å². The summed E-state index contributed by atoms with van der Waals surface area (Å²) in [7, 11) is 1.75. The number of carbonyl (C=O) groups excluding carboxylic acids is 1. The van der Waals surface area contributed by atoms with Crippen LogP contribution in [0.2, 0.25) is 0 Å². The van der Waals surface area contributed by atoms with Gasteiger partial charge in [0.15, 0.2) is 11.5 Å². The molecule has 11 nitrogen and oxygen atoms in total. The summed E-state index contributed by atoms with van der Waals surface area (Å²) in [5.41, 5.74) is -0.281. The van der Waals surface area contributed by atoms with Gasteiger partial charge in [0.2, 0.25) is 11.9 Å². The Morgan fingerprint density at radius 2 is 1.89 bits per heavy atom. The number of nitrogens with one attached hydrogen (secondary N) is 1. The normalized spacial score (nSPS) is 19.2. The highest BCUT2D eigenvalue weighted by atomic mass is 19.4. The molecule has 6 rings (SSSR count). The van der Waals surface area contributed by atoms with Crippen LogP contribution in [0.1, 0.15) is 41.8 Å². The predicted molar refractivity (Wildman–Crippen MR) is 123 cm³/mol. The molecule has 5 heterocycles. The van der Waals surface area contributed by atoms with Crippen LogP contribution in [-0.2, 0) is 23.4 Å². The molecule has 38 heavy (non-hydrogen) atoms. The minimum absolute atomic E-state index is 0.162. The lowest BCUT2D eigenvalue weighted by Gasteiger charge is -2.23. The summed E-state index contributed by atoms with van der Waals surface area (Å²) in [5, 5.41) is 18.4. The van der Waals surface area contributed by atoms with Crippen molar-refractivity contribution >= 4 is 17.2 Å². The maximum absolute atomic E-state index is 14.1. The standard InChI is InChI=1S/C23H18F4N10O/c1-22(16-3-6-35(2)33-16)9-13(14-11-28-18-8-17(24)34-36(18)19(14)22)21(38)32-12-7-15(23(25,26)27)20(29-10-12)37-30-4-5-31-37/h3-8,10-11,13H,9H2,1-2H3,(H,32,38)/t13-,22+/m1/s1. The fourth-order valence-corrected chi connectivity index (χ4v) is 4.96. The van der Waals surface area contributed by atoms with Gasteiger partial charge in [-0.2, -0.15) is 32.9 Å². The van der Waals surface area contributed by atoms with E-state index < -0.39 is 40.7 Å². The predicted octanol–water partition coefficient (Wildman–Crippen LogP) is 3.03. The minimum Gasteiger partial charge on any atom is -0.324 e. The van der Waals surface area contributed by atoms with E-state index >= 15 is 0 Å². The molecule has 0 aliphatic heterocycles. The third-order valence-corrected chi connectivity index (χ3v) is 6.64. The molecule has 2 atom stereocenters. The van der Waals surface area contributed by atoms with Crippen LogP contribution >= 0.6 is 0 Å². The molecule has 0 fully saturated rings. The molecule has 1 aliphatic rings. The highest BCUT2D eigenvalue weighted by Crippen LogP contribution is 2.49. The molecule has 1 N–H and O–H groups in total. The van der Waals surface area contributed by atoms with Crippen molar-refractivity contribution in [2.75, 3.05) is 5.32 Å². The van der Waals surface area contributed by atoms with Gasteiger partial charge >= 0.3 is 6.18 Å². The molecule has 0 radical (unpaired) electrons. The zero-order valence-electron chi connectivity index (χ0n) is 19.8. The number of amides is 1. The van der Waals surface area contributed by atoms with Crippen LogP contribution in [0.5, 0.6) is 0 Å². The third kappa shape index (κ3) is 3.69. The number of hydrogen-bond donors (Lipinski definition) is 1. The summed E-state index contributed by atoms with van der Waals surface area (Å²) >= 11 is 0. The van der Waals surface area contributed by atoms with E-state index in [-0.39, 0.29) is 17.8 Å². The van der Waals surface area contributed by atoms with Gasteiger partial charge < -0.3 is 5.32 Å². The van der Waals surface area contributed by atoms with Crippen LogP contribution in [0.15, 0.2) is 49.2 Å². The summed E-state index contributed by atoms with van der Waals surface area (Å²) < 4.78 is 58.5. The molecule has 5 aromatic heterocycles. The maximum Gasteiger partial charge on any atom is 0.420 e. The number of pyridine rings is 1. The summed E-state index contributed by atoms with van der Waals surface area (Å²) in [6, 6.07) is 3.74. The van der Waals surface area contributed by atoms with Gasteiger partial charge in [0, 0.05) is 31.1 Å². The highest BCUT2D eigenvalue weighted by molar-refractivity contribution is 5.97. The summed E-state index contributed by atoms with van der Waals surface area (Å²) in [5.74, 6) is -2.69. The highest BCUT2D eigenvalue weighted by Gasteiger charge is 2.48. The van der Waals surface area contributed by atoms with Crippen LogP contribution < -0.4 is 5.32 Å². The Balaban J connectivity index is 1.40. The molecule has 15 heteroatoms. The second kappa shape index (κ2) is 8.16. The van der Waals surface area contributed by atoms with Crippen molar-refractivity contribution in [3.05, 3.63) is 77.6 Å². The first-order chi connectivity index (χ1) is 18.0. The zero-order valence-corrected chi connectivity index (χ0v) is 19.8. The average Bonchev–Trinajstić information content (AvgIpc) is 3.64. The van der Waals surface area contributed by atoms with E-state index in [1.54, 1.807) is 24.0 Å². The number of hydrogen-bond acceptors (Lipinski definition) is 7. The number of nitrogens with zero attached hydrogens (tertiary/aromatic N) is 9. The summed E-state index contributed by atoms with van der Waals surface area (Å²) in [4.78, 5) is 22.4. The van der Waals surface area contributed by atoms with Gasteiger partial charge in [-0.15, -0.1) is 9.90 Å². The molecule has 1 amide bonds. The Morgan fingerprint density at radius 3 is 2.58 bits per heavy atom. The first-order valence-corrected chi connectivity index (χ1v) is 11.3. The smallest absolute Gasteiger partial charge is 0.324 e. The van der Waals surface area contributed by atoms with Crippen LogP contribution in [0.4, 0.5) is 23.2 Å². The summed E-state index contributed by atoms with van der Waals surface area (Å²) in [6.45, 7) is 1.86. The molecule has 0 saturated heterocycles. The lowest BCUT2D eigenvalue weighted by Crippen LogP contribution is -2.26. The van der Waals surface area contributed by atoms with Crippen molar-refractivity contribution in [1.29, 1.82) is 0 Å². The molecule has 0 saturated carbocycles. The number of aromatic nitrogens is 9. The number of anilines is 1.